The molecule has 1 fully saturated rings. The minimum absolute atomic E-state index is 0.0545. The molecule has 1 unspecified atom stereocenters. The van der Waals surface area contributed by atoms with E-state index < -0.39 is 5.97 Å². The molecule has 0 bridgehead atoms. The van der Waals surface area contributed by atoms with E-state index in [2.05, 4.69) is 19.2 Å². The Bertz CT molecular complexity index is 708. The molecule has 0 spiro atoms. The molecule has 25 heavy (non-hydrogen) atoms. The van der Waals surface area contributed by atoms with Crippen molar-refractivity contribution in [1.82, 2.24) is 5.32 Å². The van der Waals surface area contributed by atoms with Crippen LogP contribution in [0, 0.1) is 17.8 Å². The van der Waals surface area contributed by atoms with Gasteiger partial charge in [0.15, 0.2) is 0 Å². The lowest BCUT2D eigenvalue weighted by Crippen LogP contribution is -2.43. The lowest BCUT2D eigenvalue weighted by molar-refractivity contribution is -0.132. The number of amides is 1. The zero-order chi connectivity index (χ0) is 18.8. The molecule has 1 N–H and O–H groups in total. The first-order valence-corrected chi connectivity index (χ1v) is 8.59. The van der Waals surface area contributed by atoms with Gasteiger partial charge in [-0.25, -0.2) is 0 Å². The number of aryl methyl sites for hydroxylation is 1. The van der Waals surface area contributed by atoms with Crippen molar-refractivity contribution >= 4 is 17.7 Å². The Balaban J connectivity index is 2.13. The second-order valence-corrected chi connectivity index (χ2v) is 8.32. The summed E-state index contributed by atoms with van der Waals surface area (Å²) >= 11 is 0. The van der Waals surface area contributed by atoms with Crippen LogP contribution in [-0.4, -0.2) is 24.2 Å². The fourth-order valence-corrected chi connectivity index (χ4v) is 3.93. The third-order valence-electron chi connectivity index (χ3n) is 4.51. The molecule has 1 atom stereocenters. The van der Waals surface area contributed by atoms with Gasteiger partial charge in [-0.2, -0.15) is 0 Å². The maximum absolute atomic E-state index is 12.6. The number of nitrogens with one attached hydrogen (secondary N) is 1. The van der Waals surface area contributed by atoms with Crippen molar-refractivity contribution in [2.75, 3.05) is 6.54 Å². The maximum Gasteiger partial charge on any atom is 0.308 e. The topological polar surface area (TPSA) is 72.5 Å². The molecular weight excluding hydrogens is 318 g/mol. The van der Waals surface area contributed by atoms with E-state index in [0.29, 0.717) is 24.9 Å². The molecular formula is C20H27NO4. The highest BCUT2D eigenvalue weighted by Gasteiger charge is 2.40. The van der Waals surface area contributed by atoms with Gasteiger partial charge in [-0.05, 0) is 36.3 Å². The molecule has 5 heteroatoms. The number of ketones is 1. The van der Waals surface area contributed by atoms with Crippen molar-refractivity contribution in [2.45, 2.75) is 53.9 Å². The standard InChI is InChI=1S/C20H27NO4/c1-13-6-7-17(25-14(2)22)16(8-13)18(24)21-12-20(5)10-15(23)9-19(3,4)11-20/h6-8H,9-12H2,1-5H3,(H,21,24). The van der Waals surface area contributed by atoms with Crippen molar-refractivity contribution in [3.05, 3.63) is 29.3 Å². The molecule has 1 aromatic carbocycles. The van der Waals surface area contributed by atoms with Gasteiger partial charge < -0.3 is 10.1 Å². The van der Waals surface area contributed by atoms with Crippen LogP contribution in [0.15, 0.2) is 18.2 Å². The summed E-state index contributed by atoms with van der Waals surface area (Å²) in [6, 6.07) is 5.12. The monoisotopic (exact) mass is 345 g/mol. The Hall–Kier alpha value is -2.17. The van der Waals surface area contributed by atoms with Crippen molar-refractivity contribution in [1.29, 1.82) is 0 Å². The quantitative estimate of drug-likeness (QED) is 0.670. The minimum Gasteiger partial charge on any atom is -0.426 e. The molecule has 1 aliphatic carbocycles. The molecule has 0 radical (unpaired) electrons. The van der Waals surface area contributed by atoms with Crippen LogP contribution in [0.25, 0.3) is 0 Å². The van der Waals surface area contributed by atoms with Crippen molar-refractivity contribution in [3.63, 3.8) is 0 Å². The molecule has 0 heterocycles. The smallest absolute Gasteiger partial charge is 0.308 e. The summed E-state index contributed by atoms with van der Waals surface area (Å²) in [6.45, 7) is 9.80. The Morgan fingerprint density at radius 2 is 1.88 bits per heavy atom. The van der Waals surface area contributed by atoms with Crippen LogP contribution >= 0.6 is 0 Å². The van der Waals surface area contributed by atoms with Gasteiger partial charge in [-0.15, -0.1) is 0 Å². The van der Waals surface area contributed by atoms with E-state index in [-0.39, 0.29) is 28.3 Å². The van der Waals surface area contributed by atoms with Crippen LogP contribution in [0.1, 0.15) is 62.9 Å². The van der Waals surface area contributed by atoms with Crippen LogP contribution < -0.4 is 10.1 Å². The molecule has 1 aliphatic rings. The lowest BCUT2D eigenvalue weighted by Gasteiger charge is -2.42. The molecule has 2 rings (SSSR count). The fraction of sp³-hybridized carbons (Fsp3) is 0.550. The third-order valence-corrected chi connectivity index (χ3v) is 4.51. The number of benzene rings is 1. The van der Waals surface area contributed by atoms with Crippen LogP contribution in [0.3, 0.4) is 0 Å². The van der Waals surface area contributed by atoms with E-state index in [9.17, 15) is 14.4 Å². The molecule has 0 saturated heterocycles. The zero-order valence-electron chi connectivity index (χ0n) is 15.7. The van der Waals surface area contributed by atoms with E-state index in [1.54, 1.807) is 18.2 Å². The zero-order valence-corrected chi connectivity index (χ0v) is 15.7. The number of carbonyl (C=O) groups excluding carboxylic acids is 3. The predicted molar refractivity (Wildman–Crippen MR) is 95.6 cm³/mol. The number of hydrogen-bond acceptors (Lipinski definition) is 4. The van der Waals surface area contributed by atoms with Crippen molar-refractivity contribution in [2.24, 2.45) is 10.8 Å². The highest BCUT2D eigenvalue weighted by molar-refractivity contribution is 5.97. The summed E-state index contributed by atoms with van der Waals surface area (Å²) in [5, 5.41) is 2.93. The molecule has 136 valence electrons. The number of ether oxygens (including phenoxy) is 1. The second kappa shape index (κ2) is 6.98. The third kappa shape index (κ3) is 5.15. The summed E-state index contributed by atoms with van der Waals surface area (Å²) in [4.78, 5) is 35.9. The van der Waals surface area contributed by atoms with Crippen LogP contribution in [0.2, 0.25) is 0 Å². The Labute approximate surface area is 149 Å². The fourth-order valence-electron chi connectivity index (χ4n) is 3.93. The minimum atomic E-state index is -0.468. The Kier molecular flexibility index (Phi) is 5.35. The summed E-state index contributed by atoms with van der Waals surface area (Å²) < 4.78 is 5.13. The average Bonchev–Trinajstić information content (AvgIpc) is 2.43. The first kappa shape index (κ1) is 19.2. The van der Waals surface area contributed by atoms with Gasteiger partial charge in [0.2, 0.25) is 0 Å². The summed E-state index contributed by atoms with van der Waals surface area (Å²) in [5.41, 5.74) is 0.919. The van der Waals surface area contributed by atoms with Crippen molar-refractivity contribution in [3.8, 4) is 5.75 Å². The number of Topliss-reactive ketones (excluding diaryl/α,β-unsaturated/α-hetero) is 1. The normalized spacial score (nSPS) is 22.4. The van der Waals surface area contributed by atoms with E-state index in [0.717, 1.165) is 12.0 Å². The SMILES string of the molecule is CC(=O)Oc1ccc(C)cc1C(=O)NCC1(C)CC(=O)CC(C)(C)C1. The van der Waals surface area contributed by atoms with E-state index >= 15 is 0 Å². The van der Waals surface area contributed by atoms with E-state index in [4.69, 9.17) is 4.74 Å². The summed E-state index contributed by atoms with van der Waals surface area (Å²) in [7, 11) is 0. The second-order valence-electron chi connectivity index (χ2n) is 8.32. The van der Waals surface area contributed by atoms with Gasteiger partial charge in [0, 0.05) is 26.3 Å². The first-order valence-electron chi connectivity index (χ1n) is 8.59. The number of carbonyl (C=O) groups is 3. The Morgan fingerprint density at radius 3 is 2.48 bits per heavy atom. The Morgan fingerprint density at radius 1 is 1.20 bits per heavy atom. The van der Waals surface area contributed by atoms with Gasteiger partial charge in [0.25, 0.3) is 5.91 Å². The van der Waals surface area contributed by atoms with E-state index in [1.807, 2.05) is 13.8 Å². The van der Waals surface area contributed by atoms with Crippen molar-refractivity contribution < 1.29 is 19.1 Å². The predicted octanol–water partition coefficient (Wildman–Crippen LogP) is 3.44. The van der Waals surface area contributed by atoms with Gasteiger partial charge in [0.05, 0.1) is 5.56 Å². The van der Waals surface area contributed by atoms with Gasteiger partial charge in [-0.3, -0.25) is 14.4 Å². The maximum atomic E-state index is 12.6. The molecule has 1 amide bonds. The molecule has 0 aromatic heterocycles. The van der Waals surface area contributed by atoms with Gasteiger partial charge >= 0.3 is 5.97 Å². The molecule has 0 aliphatic heterocycles. The van der Waals surface area contributed by atoms with Crippen LogP contribution in [0.5, 0.6) is 5.75 Å². The largest absolute Gasteiger partial charge is 0.426 e. The van der Waals surface area contributed by atoms with Gasteiger partial charge in [0.1, 0.15) is 11.5 Å². The number of hydrogen-bond donors (Lipinski definition) is 1. The van der Waals surface area contributed by atoms with E-state index in [1.165, 1.54) is 6.92 Å². The number of esters is 1. The lowest BCUT2D eigenvalue weighted by atomic mass is 9.64. The van der Waals surface area contributed by atoms with Crippen LogP contribution in [0.4, 0.5) is 0 Å². The molecule has 1 aromatic rings. The van der Waals surface area contributed by atoms with Gasteiger partial charge in [-0.1, -0.05) is 32.4 Å². The average molecular weight is 345 g/mol. The number of rotatable bonds is 4. The summed E-state index contributed by atoms with van der Waals surface area (Å²) in [6.07, 6.45) is 1.93. The summed E-state index contributed by atoms with van der Waals surface area (Å²) in [5.74, 6) is -0.272. The highest BCUT2D eigenvalue weighted by Crippen LogP contribution is 2.44. The molecule has 5 nitrogen and oxygen atoms in total. The highest BCUT2D eigenvalue weighted by atomic mass is 16.5. The first-order chi connectivity index (χ1) is 11.5. The van der Waals surface area contributed by atoms with Crippen LogP contribution in [-0.2, 0) is 9.59 Å². The molecule has 1 saturated carbocycles.